The Morgan fingerprint density at radius 2 is 2.05 bits per heavy atom. The first-order valence-electron chi connectivity index (χ1n) is 8.01. The third-order valence-corrected chi connectivity index (χ3v) is 5.04. The first kappa shape index (κ1) is 16.9. The molecule has 1 aliphatic carbocycles. The van der Waals surface area contributed by atoms with Crippen LogP contribution in [0.4, 0.5) is 0 Å². The molecule has 0 aromatic carbocycles. The molecule has 1 saturated carbocycles. The highest BCUT2D eigenvalue weighted by Gasteiger charge is 2.42. The second-order valence-corrected chi connectivity index (χ2v) is 6.62. The Morgan fingerprint density at radius 3 is 2.64 bits per heavy atom. The molecule has 0 spiro atoms. The summed E-state index contributed by atoms with van der Waals surface area (Å²) in [6, 6.07) is 0. The maximum absolute atomic E-state index is 12.3. The molecule has 1 aliphatic rings. The molecule has 5 nitrogen and oxygen atoms in total. The number of nitrogens with zero attached hydrogens (tertiary/aromatic N) is 1. The monoisotopic (exact) mass is 324 g/mol. The number of carbonyl (C=O) groups is 2. The quantitative estimate of drug-likeness (QED) is 0.817. The van der Waals surface area contributed by atoms with Gasteiger partial charge in [0.2, 0.25) is 5.91 Å². The zero-order valence-electron chi connectivity index (χ0n) is 13.3. The summed E-state index contributed by atoms with van der Waals surface area (Å²) in [4.78, 5) is 29.1. The van der Waals surface area contributed by atoms with E-state index in [0.717, 1.165) is 36.4 Å². The second-order valence-electron chi connectivity index (χ2n) is 5.67. The van der Waals surface area contributed by atoms with Crippen LogP contribution < -0.4 is 5.32 Å². The number of amides is 1. The first-order chi connectivity index (χ1) is 10.6. The van der Waals surface area contributed by atoms with Crippen molar-refractivity contribution in [2.75, 3.05) is 6.61 Å². The highest BCUT2D eigenvalue weighted by Crippen LogP contribution is 2.29. The lowest BCUT2D eigenvalue weighted by atomic mass is 9.81. The van der Waals surface area contributed by atoms with E-state index < -0.39 is 5.54 Å². The lowest BCUT2D eigenvalue weighted by molar-refractivity contribution is -0.155. The van der Waals surface area contributed by atoms with Crippen molar-refractivity contribution in [3.8, 4) is 0 Å². The molecule has 0 unspecified atom stereocenters. The van der Waals surface area contributed by atoms with E-state index in [1.54, 1.807) is 18.3 Å². The van der Waals surface area contributed by atoms with Crippen LogP contribution in [0.3, 0.4) is 0 Å². The van der Waals surface area contributed by atoms with Crippen LogP contribution in [-0.4, -0.2) is 29.0 Å². The van der Waals surface area contributed by atoms with Crippen LogP contribution >= 0.6 is 11.3 Å². The van der Waals surface area contributed by atoms with E-state index in [-0.39, 0.29) is 18.3 Å². The van der Waals surface area contributed by atoms with Crippen molar-refractivity contribution < 1.29 is 14.3 Å². The number of thiazole rings is 1. The molecule has 1 fully saturated rings. The standard InChI is InChI=1S/C16H24N2O3S/c1-3-14-17-12(11-22-14)10-13(19)18-16(15(20)21-4-2)8-6-5-7-9-16/h11H,3-10H2,1-2H3,(H,18,19). The maximum atomic E-state index is 12.3. The minimum absolute atomic E-state index is 0.150. The van der Waals surface area contributed by atoms with Crippen molar-refractivity contribution in [1.82, 2.24) is 10.3 Å². The van der Waals surface area contributed by atoms with E-state index in [2.05, 4.69) is 10.3 Å². The SMILES string of the molecule is CCOC(=O)C1(NC(=O)Cc2csc(CC)n2)CCCCC1. The van der Waals surface area contributed by atoms with Crippen LogP contribution in [0, 0.1) is 0 Å². The van der Waals surface area contributed by atoms with Crippen LogP contribution in [0.2, 0.25) is 0 Å². The van der Waals surface area contributed by atoms with Gasteiger partial charge in [-0.3, -0.25) is 4.79 Å². The van der Waals surface area contributed by atoms with Crippen LogP contribution in [0.5, 0.6) is 0 Å². The fourth-order valence-electron chi connectivity index (χ4n) is 2.87. The Hall–Kier alpha value is -1.43. The minimum atomic E-state index is -0.838. The predicted octanol–water partition coefficient (Wildman–Crippen LogP) is 2.63. The number of aryl methyl sites for hydroxylation is 1. The van der Waals surface area contributed by atoms with E-state index in [1.165, 1.54) is 0 Å². The zero-order valence-corrected chi connectivity index (χ0v) is 14.1. The number of nitrogens with one attached hydrogen (secondary N) is 1. The van der Waals surface area contributed by atoms with Gasteiger partial charge in [-0.25, -0.2) is 9.78 Å². The molecule has 0 saturated heterocycles. The topological polar surface area (TPSA) is 68.3 Å². The number of esters is 1. The number of ether oxygens (including phenoxy) is 1. The maximum Gasteiger partial charge on any atom is 0.331 e. The van der Waals surface area contributed by atoms with Crippen LogP contribution in [0.25, 0.3) is 0 Å². The van der Waals surface area contributed by atoms with Crippen molar-refractivity contribution in [3.05, 3.63) is 16.1 Å². The molecular weight excluding hydrogens is 300 g/mol. The Bertz CT molecular complexity index is 521. The van der Waals surface area contributed by atoms with Gasteiger partial charge in [0.15, 0.2) is 0 Å². The summed E-state index contributed by atoms with van der Waals surface area (Å²) in [7, 11) is 0. The molecule has 6 heteroatoms. The summed E-state index contributed by atoms with van der Waals surface area (Å²) in [6.07, 6.45) is 5.40. The summed E-state index contributed by atoms with van der Waals surface area (Å²) in [5, 5.41) is 5.89. The molecule has 1 N–H and O–H groups in total. The van der Waals surface area contributed by atoms with Gasteiger partial charge < -0.3 is 10.1 Å². The predicted molar refractivity (Wildman–Crippen MR) is 85.8 cm³/mol. The van der Waals surface area contributed by atoms with Gasteiger partial charge in [-0.05, 0) is 26.2 Å². The van der Waals surface area contributed by atoms with Crippen LogP contribution in [0.1, 0.15) is 56.7 Å². The van der Waals surface area contributed by atoms with Crippen LogP contribution in [0.15, 0.2) is 5.38 Å². The van der Waals surface area contributed by atoms with Gasteiger partial charge in [-0.15, -0.1) is 11.3 Å². The first-order valence-corrected chi connectivity index (χ1v) is 8.89. The third kappa shape index (κ3) is 4.06. The largest absolute Gasteiger partial charge is 0.464 e. The van der Waals surface area contributed by atoms with Crippen molar-refractivity contribution in [3.63, 3.8) is 0 Å². The minimum Gasteiger partial charge on any atom is -0.464 e. The number of rotatable bonds is 6. The molecular formula is C16H24N2O3S. The summed E-state index contributed by atoms with van der Waals surface area (Å²) in [6.45, 7) is 4.17. The van der Waals surface area contributed by atoms with E-state index >= 15 is 0 Å². The molecule has 2 rings (SSSR count). The molecule has 0 atom stereocenters. The molecule has 0 bridgehead atoms. The molecule has 0 radical (unpaired) electrons. The molecule has 1 amide bonds. The molecule has 1 heterocycles. The molecule has 122 valence electrons. The molecule has 1 aromatic rings. The normalized spacial score (nSPS) is 17.0. The zero-order chi connectivity index (χ0) is 16.0. The average Bonchev–Trinajstić information content (AvgIpc) is 2.95. The lowest BCUT2D eigenvalue weighted by Crippen LogP contribution is -2.56. The average molecular weight is 324 g/mol. The van der Waals surface area contributed by atoms with Gasteiger partial charge in [0, 0.05) is 5.38 Å². The smallest absolute Gasteiger partial charge is 0.331 e. The highest BCUT2D eigenvalue weighted by molar-refractivity contribution is 7.09. The van der Waals surface area contributed by atoms with Crippen molar-refractivity contribution >= 4 is 23.2 Å². The van der Waals surface area contributed by atoms with Crippen LogP contribution in [-0.2, 0) is 27.2 Å². The number of hydrogen-bond acceptors (Lipinski definition) is 5. The summed E-state index contributed by atoms with van der Waals surface area (Å²) >= 11 is 1.57. The Morgan fingerprint density at radius 1 is 1.32 bits per heavy atom. The van der Waals surface area contributed by atoms with E-state index in [1.807, 2.05) is 12.3 Å². The van der Waals surface area contributed by atoms with Crippen molar-refractivity contribution in [2.45, 2.75) is 64.3 Å². The number of hydrogen-bond donors (Lipinski definition) is 1. The van der Waals surface area contributed by atoms with E-state index in [4.69, 9.17) is 4.74 Å². The van der Waals surface area contributed by atoms with E-state index in [0.29, 0.717) is 19.4 Å². The van der Waals surface area contributed by atoms with Crippen molar-refractivity contribution in [2.24, 2.45) is 0 Å². The fourth-order valence-corrected chi connectivity index (χ4v) is 3.62. The Kier molecular flexibility index (Phi) is 5.94. The summed E-state index contributed by atoms with van der Waals surface area (Å²) in [5.74, 6) is -0.446. The van der Waals surface area contributed by atoms with Gasteiger partial charge in [0.05, 0.1) is 23.7 Å². The highest BCUT2D eigenvalue weighted by atomic mass is 32.1. The molecule has 1 aromatic heterocycles. The number of aromatic nitrogens is 1. The second kappa shape index (κ2) is 7.72. The van der Waals surface area contributed by atoms with Crippen molar-refractivity contribution in [1.29, 1.82) is 0 Å². The molecule has 0 aliphatic heterocycles. The van der Waals surface area contributed by atoms with Gasteiger partial charge >= 0.3 is 5.97 Å². The third-order valence-electron chi connectivity index (χ3n) is 4.00. The summed E-state index contributed by atoms with van der Waals surface area (Å²) in [5.41, 5.74) is -0.0660. The van der Waals surface area contributed by atoms with Gasteiger partial charge in [-0.2, -0.15) is 0 Å². The molecule has 22 heavy (non-hydrogen) atoms. The number of carbonyl (C=O) groups excluding carboxylic acids is 2. The van der Waals surface area contributed by atoms with Gasteiger partial charge in [0.1, 0.15) is 5.54 Å². The lowest BCUT2D eigenvalue weighted by Gasteiger charge is -2.35. The van der Waals surface area contributed by atoms with Gasteiger partial charge in [-0.1, -0.05) is 26.2 Å². The Balaban J connectivity index is 2.02. The summed E-state index contributed by atoms with van der Waals surface area (Å²) < 4.78 is 5.19. The fraction of sp³-hybridized carbons (Fsp3) is 0.688. The van der Waals surface area contributed by atoms with Gasteiger partial charge in [0.25, 0.3) is 0 Å². The Labute approximate surface area is 135 Å². The van der Waals surface area contributed by atoms with E-state index in [9.17, 15) is 9.59 Å².